The molecule has 6 heteroatoms. The average Bonchev–Trinajstić information content (AvgIpc) is 2.42. The lowest BCUT2D eigenvalue weighted by Crippen LogP contribution is -2.22. The first-order chi connectivity index (χ1) is 9.52. The molecule has 0 aliphatic carbocycles. The van der Waals surface area contributed by atoms with E-state index in [2.05, 4.69) is 5.10 Å². The third-order valence-electron chi connectivity index (χ3n) is 2.70. The van der Waals surface area contributed by atoms with Gasteiger partial charge in [0.15, 0.2) is 0 Å². The van der Waals surface area contributed by atoms with Gasteiger partial charge in [0.05, 0.1) is 12.3 Å². The van der Waals surface area contributed by atoms with E-state index in [1.807, 2.05) is 0 Å². The van der Waals surface area contributed by atoms with Crippen LogP contribution in [-0.4, -0.2) is 22.4 Å². The van der Waals surface area contributed by atoms with Crippen LogP contribution >= 0.6 is 0 Å². The van der Waals surface area contributed by atoms with Crippen LogP contribution in [0.3, 0.4) is 0 Å². The molecule has 1 aromatic heterocycles. The second kappa shape index (κ2) is 5.64. The first-order valence-electron chi connectivity index (χ1n) is 6.06. The molecular formula is C14H13FN2O3. The molecule has 0 saturated carbocycles. The number of halogens is 1. The topological polar surface area (TPSA) is 61.2 Å². The van der Waals surface area contributed by atoms with Crippen molar-refractivity contribution in [3.8, 4) is 5.69 Å². The number of carbonyl (C=O) groups excluding carboxylic acids is 1. The number of esters is 1. The Kier molecular flexibility index (Phi) is 3.93. The number of benzene rings is 1. The molecule has 20 heavy (non-hydrogen) atoms. The van der Waals surface area contributed by atoms with Crippen LogP contribution in [0.5, 0.6) is 0 Å². The maximum absolute atomic E-state index is 13.3. The molecule has 2 aromatic rings. The zero-order valence-electron chi connectivity index (χ0n) is 11.1. The second-order valence-electron chi connectivity index (χ2n) is 4.12. The average molecular weight is 276 g/mol. The minimum absolute atomic E-state index is 0.147. The van der Waals surface area contributed by atoms with Crippen LogP contribution in [0, 0.1) is 12.7 Å². The fraction of sp³-hybridized carbons (Fsp3) is 0.214. The molecule has 0 fully saturated rings. The van der Waals surface area contributed by atoms with Crippen LogP contribution in [0.25, 0.3) is 5.69 Å². The van der Waals surface area contributed by atoms with Gasteiger partial charge in [-0.2, -0.15) is 5.10 Å². The molecule has 0 amide bonds. The summed E-state index contributed by atoms with van der Waals surface area (Å²) in [6, 6.07) is 5.40. The van der Waals surface area contributed by atoms with Gasteiger partial charge in [0.1, 0.15) is 5.82 Å². The van der Waals surface area contributed by atoms with Gasteiger partial charge >= 0.3 is 5.97 Å². The Bertz CT molecular complexity index is 710. The Labute approximate surface area is 114 Å². The Morgan fingerprint density at radius 2 is 2.15 bits per heavy atom. The Balaban J connectivity index is 2.54. The number of carbonyl (C=O) groups is 1. The van der Waals surface area contributed by atoms with Crippen molar-refractivity contribution in [2.24, 2.45) is 0 Å². The summed E-state index contributed by atoms with van der Waals surface area (Å²) in [5, 5.41) is 3.93. The highest BCUT2D eigenvalue weighted by atomic mass is 19.1. The van der Waals surface area contributed by atoms with Gasteiger partial charge in [-0.05, 0) is 31.5 Å². The van der Waals surface area contributed by atoms with Gasteiger partial charge in [0.2, 0.25) is 11.1 Å². The molecule has 0 N–H and O–H groups in total. The minimum atomic E-state index is -0.791. The minimum Gasteiger partial charge on any atom is -0.461 e. The summed E-state index contributed by atoms with van der Waals surface area (Å²) in [5.74, 6) is -1.22. The summed E-state index contributed by atoms with van der Waals surface area (Å²) in [5.41, 5.74) is 0.361. The molecule has 0 aliphatic heterocycles. The van der Waals surface area contributed by atoms with Crippen molar-refractivity contribution < 1.29 is 13.9 Å². The lowest BCUT2D eigenvalue weighted by molar-refractivity contribution is 0.0515. The monoisotopic (exact) mass is 276 g/mol. The fourth-order valence-corrected chi connectivity index (χ4v) is 1.71. The third-order valence-corrected chi connectivity index (χ3v) is 2.70. The molecule has 0 saturated heterocycles. The van der Waals surface area contributed by atoms with Gasteiger partial charge in [-0.15, -0.1) is 0 Å². The van der Waals surface area contributed by atoms with Crippen molar-refractivity contribution >= 4 is 5.97 Å². The summed E-state index contributed by atoms with van der Waals surface area (Å²) >= 11 is 0. The molecule has 0 spiro atoms. The van der Waals surface area contributed by atoms with E-state index in [9.17, 15) is 14.0 Å². The van der Waals surface area contributed by atoms with Gasteiger partial charge in [-0.1, -0.05) is 6.07 Å². The molecule has 0 aliphatic rings. The number of nitrogens with zero attached hydrogens (tertiary/aromatic N) is 2. The van der Waals surface area contributed by atoms with E-state index in [1.165, 1.54) is 29.1 Å². The van der Waals surface area contributed by atoms with Crippen LogP contribution in [0.4, 0.5) is 4.39 Å². The SMILES string of the molecule is CCOC(=O)c1nn(-c2cc(F)ccc2C)ccc1=O. The van der Waals surface area contributed by atoms with Gasteiger partial charge < -0.3 is 4.74 Å². The van der Waals surface area contributed by atoms with E-state index >= 15 is 0 Å². The normalized spacial score (nSPS) is 10.3. The van der Waals surface area contributed by atoms with Crippen molar-refractivity contribution in [3.05, 3.63) is 57.8 Å². The van der Waals surface area contributed by atoms with Crippen LogP contribution < -0.4 is 5.43 Å². The molecule has 0 atom stereocenters. The predicted molar refractivity (Wildman–Crippen MR) is 70.5 cm³/mol. The standard InChI is InChI=1S/C14H13FN2O3/c1-3-20-14(19)13-12(18)6-7-17(16-13)11-8-10(15)5-4-9(11)2/h4-8H,3H2,1-2H3. The second-order valence-corrected chi connectivity index (χ2v) is 4.12. The summed E-state index contributed by atoms with van der Waals surface area (Å²) in [7, 11) is 0. The van der Waals surface area contributed by atoms with Crippen molar-refractivity contribution in [3.63, 3.8) is 0 Å². The first-order valence-corrected chi connectivity index (χ1v) is 6.06. The van der Waals surface area contributed by atoms with Crippen molar-refractivity contribution in [2.75, 3.05) is 6.61 Å². The number of aryl methyl sites for hydroxylation is 1. The zero-order valence-corrected chi connectivity index (χ0v) is 11.1. The highest BCUT2D eigenvalue weighted by Gasteiger charge is 2.15. The highest BCUT2D eigenvalue weighted by Crippen LogP contribution is 2.14. The van der Waals surface area contributed by atoms with E-state index in [0.29, 0.717) is 5.69 Å². The molecule has 0 unspecified atom stereocenters. The van der Waals surface area contributed by atoms with Gasteiger partial charge in [-0.3, -0.25) is 4.79 Å². The van der Waals surface area contributed by atoms with E-state index in [4.69, 9.17) is 4.74 Å². The van der Waals surface area contributed by atoms with E-state index in [0.717, 1.165) is 5.56 Å². The number of rotatable bonds is 3. The van der Waals surface area contributed by atoms with E-state index in [1.54, 1.807) is 19.9 Å². The summed E-state index contributed by atoms with van der Waals surface area (Å²) in [4.78, 5) is 23.2. The van der Waals surface area contributed by atoms with E-state index in [-0.39, 0.29) is 12.3 Å². The van der Waals surface area contributed by atoms with Gasteiger partial charge in [0.25, 0.3) is 0 Å². The van der Waals surface area contributed by atoms with Crippen LogP contribution in [-0.2, 0) is 4.74 Å². The molecule has 5 nitrogen and oxygen atoms in total. The lowest BCUT2D eigenvalue weighted by Gasteiger charge is -2.09. The van der Waals surface area contributed by atoms with Gasteiger partial charge in [-0.25, -0.2) is 13.9 Å². The molecule has 1 heterocycles. The zero-order chi connectivity index (χ0) is 14.7. The predicted octanol–water partition coefficient (Wildman–Crippen LogP) is 1.86. The molecule has 104 valence electrons. The first kappa shape index (κ1) is 13.9. The molecule has 0 radical (unpaired) electrons. The molecular weight excluding hydrogens is 263 g/mol. The number of hydrogen-bond donors (Lipinski definition) is 0. The van der Waals surface area contributed by atoms with Crippen LogP contribution in [0.1, 0.15) is 23.0 Å². The summed E-state index contributed by atoms with van der Waals surface area (Å²) < 4.78 is 19.3. The number of hydrogen-bond acceptors (Lipinski definition) is 4. The third kappa shape index (κ3) is 2.74. The Morgan fingerprint density at radius 3 is 2.85 bits per heavy atom. The smallest absolute Gasteiger partial charge is 0.362 e. The highest BCUT2D eigenvalue weighted by molar-refractivity contribution is 5.86. The largest absolute Gasteiger partial charge is 0.461 e. The quantitative estimate of drug-likeness (QED) is 0.803. The Hall–Kier alpha value is -2.50. The maximum atomic E-state index is 13.3. The van der Waals surface area contributed by atoms with Crippen molar-refractivity contribution in [1.82, 2.24) is 9.78 Å². The lowest BCUT2D eigenvalue weighted by atomic mass is 10.2. The van der Waals surface area contributed by atoms with Crippen LogP contribution in [0.15, 0.2) is 35.3 Å². The fourth-order valence-electron chi connectivity index (χ4n) is 1.71. The maximum Gasteiger partial charge on any atom is 0.362 e. The summed E-state index contributed by atoms with van der Waals surface area (Å²) in [6.45, 7) is 3.56. The molecule has 1 aromatic carbocycles. The number of aromatic nitrogens is 2. The Morgan fingerprint density at radius 1 is 1.40 bits per heavy atom. The van der Waals surface area contributed by atoms with Crippen LogP contribution in [0.2, 0.25) is 0 Å². The van der Waals surface area contributed by atoms with E-state index < -0.39 is 17.2 Å². The van der Waals surface area contributed by atoms with Gasteiger partial charge in [0, 0.05) is 12.3 Å². The number of ether oxygens (including phenoxy) is 1. The molecule has 2 rings (SSSR count). The summed E-state index contributed by atoms with van der Waals surface area (Å²) in [6.07, 6.45) is 1.38. The van der Waals surface area contributed by atoms with Crippen molar-refractivity contribution in [2.45, 2.75) is 13.8 Å². The van der Waals surface area contributed by atoms with Crippen molar-refractivity contribution in [1.29, 1.82) is 0 Å². The molecule has 0 bridgehead atoms.